The molecule has 0 aromatic heterocycles. The third-order valence-corrected chi connectivity index (χ3v) is 3.25. The van der Waals surface area contributed by atoms with E-state index in [1.807, 2.05) is 0 Å². The standard InChI is InChI=1S/C13H17NO2/c1-2-12(15-6-1)9-14-11-3-4-13-10(8-11)5-7-16-13/h3-4,8,12,14H,1-2,5-7,9H2. The van der Waals surface area contributed by atoms with Crippen molar-refractivity contribution in [3.8, 4) is 5.75 Å². The summed E-state index contributed by atoms with van der Waals surface area (Å²) in [6.45, 7) is 2.66. The van der Waals surface area contributed by atoms with Crippen LogP contribution in [-0.4, -0.2) is 25.9 Å². The Kier molecular flexibility index (Phi) is 2.70. The van der Waals surface area contributed by atoms with Gasteiger partial charge in [-0.15, -0.1) is 0 Å². The second-order valence-corrected chi connectivity index (χ2v) is 4.44. The quantitative estimate of drug-likeness (QED) is 0.845. The van der Waals surface area contributed by atoms with Crippen molar-refractivity contribution in [2.45, 2.75) is 25.4 Å². The molecule has 0 bridgehead atoms. The highest BCUT2D eigenvalue weighted by Gasteiger charge is 2.16. The largest absolute Gasteiger partial charge is 0.493 e. The highest BCUT2D eigenvalue weighted by Crippen LogP contribution is 2.28. The highest BCUT2D eigenvalue weighted by molar-refractivity contribution is 5.52. The Hall–Kier alpha value is -1.22. The molecule has 1 atom stereocenters. The van der Waals surface area contributed by atoms with E-state index in [2.05, 4.69) is 23.5 Å². The van der Waals surface area contributed by atoms with Crippen molar-refractivity contribution >= 4 is 5.69 Å². The molecule has 1 aromatic carbocycles. The van der Waals surface area contributed by atoms with Gasteiger partial charge >= 0.3 is 0 Å². The molecule has 2 aliphatic heterocycles. The SMILES string of the molecule is c1cc2c(cc1NCC1CCCO1)CCO2. The minimum absolute atomic E-state index is 0.393. The number of nitrogens with one attached hydrogen (secondary N) is 1. The van der Waals surface area contributed by atoms with Gasteiger partial charge in [-0.1, -0.05) is 0 Å². The van der Waals surface area contributed by atoms with Gasteiger partial charge in [0.25, 0.3) is 0 Å². The minimum Gasteiger partial charge on any atom is -0.493 e. The summed E-state index contributed by atoms with van der Waals surface area (Å²) in [5.41, 5.74) is 2.50. The van der Waals surface area contributed by atoms with Crippen LogP contribution < -0.4 is 10.1 Å². The molecule has 1 unspecified atom stereocenters. The molecule has 0 radical (unpaired) electrons. The van der Waals surface area contributed by atoms with E-state index >= 15 is 0 Å². The molecule has 3 rings (SSSR count). The van der Waals surface area contributed by atoms with E-state index in [9.17, 15) is 0 Å². The predicted octanol–water partition coefficient (Wildman–Crippen LogP) is 2.21. The Labute approximate surface area is 95.8 Å². The Morgan fingerprint density at radius 3 is 3.19 bits per heavy atom. The van der Waals surface area contributed by atoms with Crippen LogP contribution in [0.15, 0.2) is 18.2 Å². The lowest BCUT2D eigenvalue weighted by molar-refractivity contribution is 0.120. The fraction of sp³-hybridized carbons (Fsp3) is 0.538. The van der Waals surface area contributed by atoms with Gasteiger partial charge < -0.3 is 14.8 Å². The smallest absolute Gasteiger partial charge is 0.122 e. The number of hydrogen-bond donors (Lipinski definition) is 1. The lowest BCUT2D eigenvalue weighted by atomic mass is 10.1. The van der Waals surface area contributed by atoms with Crippen molar-refractivity contribution in [3.63, 3.8) is 0 Å². The van der Waals surface area contributed by atoms with Gasteiger partial charge in [-0.25, -0.2) is 0 Å². The summed E-state index contributed by atoms with van der Waals surface area (Å²) in [6.07, 6.45) is 3.81. The summed E-state index contributed by atoms with van der Waals surface area (Å²) in [5, 5.41) is 3.44. The van der Waals surface area contributed by atoms with Crippen LogP contribution in [0, 0.1) is 0 Å². The molecule has 86 valence electrons. The highest BCUT2D eigenvalue weighted by atomic mass is 16.5. The van der Waals surface area contributed by atoms with Crippen LogP contribution in [0.2, 0.25) is 0 Å². The third-order valence-electron chi connectivity index (χ3n) is 3.25. The number of rotatable bonds is 3. The van der Waals surface area contributed by atoms with Crippen molar-refractivity contribution < 1.29 is 9.47 Å². The van der Waals surface area contributed by atoms with Crippen LogP contribution in [0.25, 0.3) is 0 Å². The zero-order valence-corrected chi connectivity index (χ0v) is 9.37. The van der Waals surface area contributed by atoms with E-state index in [4.69, 9.17) is 9.47 Å². The second-order valence-electron chi connectivity index (χ2n) is 4.44. The molecule has 0 amide bonds. The van der Waals surface area contributed by atoms with Crippen molar-refractivity contribution in [1.82, 2.24) is 0 Å². The van der Waals surface area contributed by atoms with Gasteiger partial charge in [0.2, 0.25) is 0 Å². The van der Waals surface area contributed by atoms with Crippen LogP contribution in [0.1, 0.15) is 18.4 Å². The molecule has 1 N–H and O–H groups in total. The normalized spacial score (nSPS) is 22.9. The molecule has 3 nitrogen and oxygen atoms in total. The van der Waals surface area contributed by atoms with E-state index in [0.717, 1.165) is 31.9 Å². The summed E-state index contributed by atoms with van der Waals surface area (Å²) in [7, 11) is 0. The van der Waals surface area contributed by atoms with Gasteiger partial charge in [0, 0.05) is 25.3 Å². The van der Waals surface area contributed by atoms with Crippen LogP contribution in [0.3, 0.4) is 0 Å². The average molecular weight is 219 g/mol. The number of anilines is 1. The first-order valence-corrected chi connectivity index (χ1v) is 6.03. The van der Waals surface area contributed by atoms with Crippen LogP contribution in [0.5, 0.6) is 5.75 Å². The predicted molar refractivity (Wildman–Crippen MR) is 63.1 cm³/mol. The Morgan fingerprint density at radius 2 is 2.31 bits per heavy atom. The zero-order chi connectivity index (χ0) is 10.8. The fourth-order valence-corrected chi connectivity index (χ4v) is 2.33. The van der Waals surface area contributed by atoms with Crippen molar-refractivity contribution in [2.75, 3.05) is 25.1 Å². The monoisotopic (exact) mass is 219 g/mol. The van der Waals surface area contributed by atoms with Gasteiger partial charge in [-0.3, -0.25) is 0 Å². The molecular weight excluding hydrogens is 202 g/mol. The minimum atomic E-state index is 0.393. The van der Waals surface area contributed by atoms with Gasteiger partial charge in [-0.2, -0.15) is 0 Å². The van der Waals surface area contributed by atoms with E-state index in [-0.39, 0.29) is 0 Å². The van der Waals surface area contributed by atoms with Gasteiger partial charge in [-0.05, 0) is 36.6 Å². The van der Waals surface area contributed by atoms with E-state index in [1.54, 1.807) is 0 Å². The fourth-order valence-electron chi connectivity index (χ4n) is 2.33. The van der Waals surface area contributed by atoms with Crippen LogP contribution in [0.4, 0.5) is 5.69 Å². The summed E-state index contributed by atoms with van der Waals surface area (Å²) in [5.74, 6) is 1.04. The Balaban J connectivity index is 1.61. The van der Waals surface area contributed by atoms with Gasteiger partial charge in [0.15, 0.2) is 0 Å². The summed E-state index contributed by atoms with van der Waals surface area (Å²) < 4.78 is 11.1. The van der Waals surface area contributed by atoms with E-state index in [0.29, 0.717) is 6.10 Å². The van der Waals surface area contributed by atoms with Crippen LogP contribution >= 0.6 is 0 Å². The molecule has 3 heteroatoms. The molecule has 0 saturated carbocycles. The number of benzene rings is 1. The summed E-state index contributed by atoms with van der Waals surface area (Å²) >= 11 is 0. The molecule has 2 heterocycles. The maximum atomic E-state index is 5.58. The summed E-state index contributed by atoms with van der Waals surface area (Å²) in [4.78, 5) is 0. The van der Waals surface area contributed by atoms with E-state index in [1.165, 1.54) is 24.1 Å². The maximum absolute atomic E-state index is 5.58. The van der Waals surface area contributed by atoms with Crippen LogP contribution in [-0.2, 0) is 11.2 Å². The van der Waals surface area contributed by atoms with Crippen molar-refractivity contribution in [3.05, 3.63) is 23.8 Å². The first-order chi connectivity index (χ1) is 7.92. The lowest BCUT2D eigenvalue weighted by Crippen LogP contribution is -2.18. The molecule has 2 aliphatic rings. The first kappa shape index (κ1) is 9.97. The average Bonchev–Trinajstić information content (AvgIpc) is 2.97. The van der Waals surface area contributed by atoms with Gasteiger partial charge in [0.05, 0.1) is 12.7 Å². The van der Waals surface area contributed by atoms with E-state index < -0.39 is 0 Å². The zero-order valence-electron chi connectivity index (χ0n) is 9.37. The topological polar surface area (TPSA) is 30.5 Å². The molecule has 1 aromatic rings. The Bertz CT molecular complexity index is 372. The Morgan fingerprint density at radius 1 is 1.31 bits per heavy atom. The molecular formula is C13H17NO2. The number of ether oxygens (including phenoxy) is 2. The van der Waals surface area contributed by atoms with Crippen molar-refractivity contribution in [2.24, 2.45) is 0 Å². The summed E-state index contributed by atoms with van der Waals surface area (Å²) in [6, 6.07) is 6.33. The van der Waals surface area contributed by atoms with Crippen molar-refractivity contribution in [1.29, 1.82) is 0 Å². The lowest BCUT2D eigenvalue weighted by Gasteiger charge is -2.12. The molecule has 1 saturated heterocycles. The molecule has 0 spiro atoms. The first-order valence-electron chi connectivity index (χ1n) is 6.03. The molecule has 16 heavy (non-hydrogen) atoms. The maximum Gasteiger partial charge on any atom is 0.122 e. The molecule has 0 aliphatic carbocycles. The number of fused-ring (bicyclic) bond motifs is 1. The second kappa shape index (κ2) is 4.34. The number of hydrogen-bond acceptors (Lipinski definition) is 3. The van der Waals surface area contributed by atoms with Gasteiger partial charge in [0.1, 0.15) is 5.75 Å². The third kappa shape index (κ3) is 2.00. The molecule has 1 fully saturated rings.